The molecule has 1 aliphatic heterocycles. The molecule has 0 spiro atoms. The summed E-state index contributed by atoms with van der Waals surface area (Å²) in [6.07, 6.45) is 1.60. The Labute approximate surface area is 91.5 Å². The van der Waals surface area contributed by atoms with Gasteiger partial charge >= 0.3 is 6.09 Å². The van der Waals surface area contributed by atoms with E-state index in [0.29, 0.717) is 12.5 Å². The Hall–Kier alpha value is -0.770. The van der Waals surface area contributed by atoms with E-state index in [1.807, 2.05) is 0 Å². The monoisotopic (exact) mass is 215 g/mol. The molecule has 0 aromatic rings. The molecule has 88 valence electrons. The van der Waals surface area contributed by atoms with Gasteiger partial charge in [0.25, 0.3) is 0 Å². The lowest BCUT2D eigenvalue weighted by Crippen LogP contribution is -2.37. The second kappa shape index (κ2) is 5.35. The average Bonchev–Trinajstić information content (AvgIpc) is 2.18. The van der Waals surface area contributed by atoms with Crippen molar-refractivity contribution in [2.24, 2.45) is 5.92 Å². The highest BCUT2D eigenvalue weighted by atomic mass is 16.6. The van der Waals surface area contributed by atoms with E-state index >= 15 is 0 Å². The third-order valence-corrected chi connectivity index (χ3v) is 2.64. The highest BCUT2D eigenvalue weighted by Gasteiger charge is 2.27. The van der Waals surface area contributed by atoms with E-state index in [2.05, 4.69) is 13.8 Å². The number of rotatable bonds is 2. The zero-order valence-electron chi connectivity index (χ0n) is 10.0. The molecule has 4 nitrogen and oxygen atoms in total. The summed E-state index contributed by atoms with van der Waals surface area (Å²) in [6.45, 7) is 4.94. The maximum absolute atomic E-state index is 11.4. The summed E-state index contributed by atoms with van der Waals surface area (Å²) < 4.78 is 10.9. The van der Waals surface area contributed by atoms with E-state index in [-0.39, 0.29) is 18.3 Å². The van der Waals surface area contributed by atoms with Gasteiger partial charge < -0.3 is 14.4 Å². The normalized spacial score (nSPS) is 26.5. The number of carbonyl (C=O) groups excluding carboxylic acids is 1. The van der Waals surface area contributed by atoms with Crippen molar-refractivity contribution in [1.82, 2.24) is 4.90 Å². The number of carbonyl (C=O) groups is 1. The molecule has 15 heavy (non-hydrogen) atoms. The van der Waals surface area contributed by atoms with Crippen molar-refractivity contribution in [1.29, 1.82) is 0 Å². The van der Waals surface area contributed by atoms with Crippen molar-refractivity contribution in [3.05, 3.63) is 0 Å². The third-order valence-electron chi connectivity index (χ3n) is 2.64. The standard InChI is InChI=1S/C11H21NO3/c1-8(2)10-7-9(5-6-14-10)15-11(13)12(3)4/h8-10H,5-7H2,1-4H3/t9-,10-/m1/s1. The van der Waals surface area contributed by atoms with Gasteiger partial charge in [-0.15, -0.1) is 0 Å². The maximum Gasteiger partial charge on any atom is 0.409 e. The molecule has 0 N–H and O–H groups in total. The van der Waals surface area contributed by atoms with Gasteiger partial charge in [0.1, 0.15) is 6.10 Å². The van der Waals surface area contributed by atoms with Gasteiger partial charge in [0.2, 0.25) is 0 Å². The molecule has 0 radical (unpaired) electrons. The summed E-state index contributed by atoms with van der Waals surface area (Å²) >= 11 is 0. The van der Waals surface area contributed by atoms with Gasteiger partial charge in [-0.25, -0.2) is 4.79 Å². The molecule has 0 unspecified atom stereocenters. The van der Waals surface area contributed by atoms with Crippen LogP contribution in [-0.4, -0.2) is 43.9 Å². The minimum atomic E-state index is -0.260. The first-order valence-corrected chi connectivity index (χ1v) is 5.50. The Bertz CT molecular complexity index is 216. The summed E-state index contributed by atoms with van der Waals surface area (Å²) in [5.41, 5.74) is 0. The lowest BCUT2D eigenvalue weighted by Gasteiger charge is -2.32. The maximum atomic E-state index is 11.4. The van der Waals surface area contributed by atoms with E-state index in [1.165, 1.54) is 4.90 Å². The number of amides is 1. The predicted molar refractivity (Wildman–Crippen MR) is 57.8 cm³/mol. The molecule has 1 rings (SSSR count). The van der Waals surface area contributed by atoms with Gasteiger partial charge in [-0.1, -0.05) is 13.8 Å². The van der Waals surface area contributed by atoms with Crippen molar-refractivity contribution in [3.63, 3.8) is 0 Å². The Morgan fingerprint density at radius 1 is 1.47 bits per heavy atom. The van der Waals surface area contributed by atoms with Crippen LogP contribution in [0.2, 0.25) is 0 Å². The van der Waals surface area contributed by atoms with Gasteiger partial charge in [-0.3, -0.25) is 0 Å². The zero-order valence-corrected chi connectivity index (χ0v) is 10.0. The minimum absolute atomic E-state index is 0.0149. The summed E-state index contributed by atoms with van der Waals surface area (Å²) in [6, 6.07) is 0. The van der Waals surface area contributed by atoms with Gasteiger partial charge in [0.05, 0.1) is 12.7 Å². The van der Waals surface area contributed by atoms with Crippen LogP contribution in [-0.2, 0) is 9.47 Å². The molecule has 0 aromatic heterocycles. The zero-order chi connectivity index (χ0) is 11.4. The number of ether oxygens (including phenoxy) is 2. The molecule has 0 aromatic carbocycles. The molecule has 2 atom stereocenters. The highest BCUT2D eigenvalue weighted by molar-refractivity contribution is 5.66. The van der Waals surface area contributed by atoms with Crippen LogP contribution < -0.4 is 0 Å². The first-order valence-electron chi connectivity index (χ1n) is 5.50. The van der Waals surface area contributed by atoms with E-state index in [0.717, 1.165) is 12.8 Å². The fraction of sp³-hybridized carbons (Fsp3) is 0.909. The summed E-state index contributed by atoms with van der Waals surface area (Å²) in [5.74, 6) is 0.478. The number of hydrogen-bond donors (Lipinski definition) is 0. The number of nitrogens with zero attached hydrogens (tertiary/aromatic N) is 1. The van der Waals surface area contributed by atoms with Crippen LogP contribution in [0.3, 0.4) is 0 Å². The largest absolute Gasteiger partial charge is 0.446 e. The minimum Gasteiger partial charge on any atom is -0.446 e. The molecule has 4 heteroatoms. The molecule has 1 amide bonds. The fourth-order valence-electron chi connectivity index (χ4n) is 1.62. The molecule has 1 aliphatic rings. The van der Waals surface area contributed by atoms with Crippen molar-refractivity contribution in [3.8, 4) is 0 Å². The smallest absolute Gasteiger partial charge is 0.409 e. The van der Waals surface area contributed by atoms with Gasteiger partial charge in [0, 0.05) is 26.9 Å². The molecular formula is C11H21NO3. The molecule has 0 aliphatic carbocycles. The first-order chi connectivity index (χ1) is 7.00. The SMILES string of the molecule is CC(C)[C@H]1C[C@H](OC(=O)N(C)C)CCO1. The number of hydrogen-bond acceptors (Lipinski definition) is 3. The summed E-state index contributed by atoms with van der Waals surface area (Å²) in [5, 5.41) is 0. The van der Waals surface area contributed by atoms with E-state index in [1.54, 1.807) is 14.1 Å². The van der Waals surface area contributed by atoms with Crippen LogP contribution >= 0.6 is 0 Å². The molecule has 0 bridgehead atoms. The second-order valence-electron chi connectivity index (χ2n) is 4.58. The van der Waals surface area contributed by atoms with Crippen molar-refractivity contribution < 1.29 is 14.3 Å². The van der Waals surface area contributed by atoms with Crippen molar-refractivity contribution in [2.45, 2.75) is 38.9 Å². The molecule has 0 saturated carbocycles. The lowest BCUT2D eigenvalue weighted by atomic mass is 9.97. The Morgan fingerprint density at radius 2 is 2.13 bits per heavy atom. The van der Waals surface area contributed by atoms with Crippen LogP contribution in [0.5, 0.6) is 0 Å². The second-order valence-corrected chi connectivity index (χ2v) is 4.58. The third kappa shape index (κ3) is 3.70. The molecular weight excluding hydrogens is 194 g/mol. The molecule has 1 saturated heterocycles. The van der Waals surface area contributed by atoms with Crippen molar-refractivity contribution in [2.75, 3.05) is 20.7 Å². The Balaban J connectivity index is 2.39. The van der Waals surface area contributed by atoms with E-state index < -0.39 is 0 Å². The van der Waals surface area contributed by atoms with Crippen LogP contribution in [0.15, 0.2) is 0 Å². The van der Waals surface area contributed by atoms with Gasteiger partial charge in [0.15, 0.2) is 0 Å². The van der Waals surface area contributed by atoms with Gasteiger partial charge in [-0.05, 0) is 5.92 Å². The highest BCUT2D eigenvalue weighted by Crippen LogP contribution is 2.22. The molecule has 1 fully saturated rings. The first kappa shape index (κ1) is 12.3. The van der Waals surface area contributed by atoms with Crippen LogP contribution in [0.1, 0.15) is 26.7 Å². The van der Waals surface area contributed by atoms with Gasteiger partial charge in [-0.2, -0.15) is 0 Å². The Kier molecular flexibility index (Phi) is 4.39. The fourth-order valence-corrected chi connectivity index (χ4v) is 1.62. The van der Waals surface area contributed by atoms with Crippen LogP contribution in [0.4, 0.5) is 4.79 Å². The van der Waals surface area contributed by atoms with Crippen LogP contribution in [0.25, 0.3) is 0 Å². The topological polar surface area (TPSA) is 38.8 Å². The molecule has 1 heterocycles. The van der Waals surface area contributed by atoms with E-state index in [4.69, 9.17) is 9.47 Å². The average molecular weight is 215 g/mol. The summed E-state index contributed by atoms with van der Waals surface area (Å²) in [4.78, 5) is 12.8. The van der Waals surface area contributed by atoms with Crippen molar-refractivity contribution >= 4 is 6.09 Å². The van der Waals surface area contributed by atoms with Crippen LogP contribution in [0, 0.1) is 5.92 Å². The Morgan fingerprint density at radius 3 is 2.67 bits per heavy atom. The quantitative estimate of drug-likeness (QED) is 0.706. The lowest BCUT2D eigenvalue weighted by molar-refractivity contribution is -0.0696. The van der Waals surface area contributed by atoms with E-state index in [9.17, 15) is 4.79 Å². The predicted octanol–water partition coefficient (Wildman–Crippen LogP) is 1.89. The summed E-state index contributed by atoms with van der Waals surface area (Å²) in [7, 11) is 3.39.